The van der Waals surface area contributed by atoms with Crippen LogP contribution in [0, 0.1) is 5.92 Å². The number of hydrogen-bond acceptors (Lipinski definition) is 2. The Balaban J connectivity index is 1.71. The first-order valence-electron chi connectivity index (χ1n) is 6.86. The van der Waals surface area contributed by atoms with E-state index in [-0.39, 0.29) is 5.91 Å². The second kappa shape index (κ2) is 4.63. The van der Waals surface area contributed by atoms with Crippen molar-refractivity contribution in [1.82, 2.24) is 4.90 Å². The standard InChI is InChI=1S/C15H20N2O/c1-17(10-11-3-2-4-11)15(18)13-5-6-14-12(9-13)7-8-16-14/h5-6,9,11,16H,2-4,7-8,10H2,1H3. The molecule has 0 unspecified atom stereocenters. The van der Waals surface area contributed by atoms with Crippen LogP contribution in [-0.4, -0.2) is 30.9 Å². The van der Waals surface area contributed by atoms with Gasteiger partial charge in [0.2, 0.25) is 0 Å². The molecule has 1 fully saturated rings. The van der Waals surface area contributed by atoms with E-state index in [2.05, 4.69) is 11.4 Å². The van der Waals surface area contributed by atoms with E-state index in [1.165, 1.54) is 30.5 Å². The second-order valence-corrected chi connectivity index (χ2v) is 5.53. The Labute approximate surface area is 108 Å². The van der Waals surface area contributed by atoms with Gasteiger partial charge in [0, 0.05) is 31.4 Å². The summed E-state index contributed by atoms with van der Waals surface area (Å²) in [7, 11) is 1.92. The minimum absolute atomic E-state index is 0.164. The largest absolute Gasteiger partial charge is 0.384 e. The molecule has 3 rings (SSSR count). The van der Waals surface area contributed by atoms with Gasteiger partial charge in [-0.3, -0.25) is 4.79 Å². The average Bonchev–Trinajstić information content (AvgIpc) is 2.79. The van der Waals surface area contributed by atoms with Crippen LogP contribution in [0.1, 0.15) is 35.2 Å². The van der Waals surface area contributed by atoms with E-state index in [1.54, 1.807) is 0 Å². The van der Waals surface area contributed by atoms with Crippen molar-refractivity contribution in [1.29, 1.82) is 0 Å². The summed E-state index contributed by atoms with van der Waals surface area (Å²) in [5.74, 6) is 0.895. The summed E-state index contributed by atoms with van der Waals surface area (Å²) in [6, 6.07) is 6.03. The lowest BCUT2D eigenvalue weighted by Crippen LogP contribution is -2.34. The van der Waals surface area contributed by atoms with Crippen molar-refractivity contribution in [2.45, 2.75) is 25.7 Å². The van der Waals surface area contributed by atoms with Gasteiger partial charge in [0.25, 0.3) is 5.91 Å². The van der Waals surface area contributed by atoms with E-state index < -0.39 is 0 Å². The Morgan fingerprint density at radius 3 is 3.00 bits per heavy atom. The van der Waals surface area contributed by atoms with E-state index in [0.717, 1.165) is 31.0 Å². The highest BCUT2D eigenvalue weighted by Gasteiger charge is 2.22. The molecule has 3 nitrogen and oxygen atoms in total. The van der Waals surface area contributed by atoms with Gasteiger partial charge in [0.05, 0.1) is 0 Å². The van der Waals surface area contributed by atoms with Crippen molar-refractivity contribution < 1.29 is 4.79 Å². The fourth-order valence-corrected chi connectivity index (χ4v) is 2.80. The molecule has 1 aliphatic carbocycles. The number of benzene rings is 1. The van der Waals surface area contributed by atoms with Crippen molar-refractivity contribution in [3.8, 4) is 0 Å². The molecule has 0 spiro atoms. The fraction of sp³-hybridized carbons (Fsp3) is 0.533. The molecule has 3 heteroatoms. The number of anilines is 1. The predicted octanol–water partition coefficient (Wildman–Crippen LogP) is 2.53. The summed E-state index contributed by atoms with van der Waals surface area (Å²) in [4.78, 5) is 14.2. The van der Waals surface area contributed by atoms with E-state index in [4.69, 9.17) is 0 Å². The molecule has 1 aromatic carbocycles. The molecule has 1 N–H and O–H groups in total. The number of carbonyl (C=O) groups excluding carboxylic acids is 1. The number of rotatable bonds is 3. The molecule has 1 amide bonds. The maximum Gasteiger partial charge on any atom is 0.253 e. The molecule has 0 aromatic heterocycles. The van der Waals surface area contributed by atoms with Gasteiger partial charge in [-0.2, -0.15) is 0 Å². The lowest BCUT2D eigenvalue weighted by molar-refractivity contribution is 0.0745. The third kappa shape index (κ3) is 2.09. The Morgan fingerprint density at radius 1 is 1.44 bits per heavy atom. The van der Waals surface area contributed by atoms with Gasteiger partial charge in [-0.15, -0.1) is 0 Å². The molecule has 0 saturated heterocycles. The van der Waals surface area contributed by atoms with Crippen molar-refractivity contribution in [2.24, 2.45) is 5.92 Å². The summed E-state index contributed by atoms with van der Waals surface area (Å²) >= 11 is 0. The van der Waals surface area contributed by atoms with Gasteiger partial charge < -0.3 is 10.2 Å². The van der Waals surface area contributed by atoms with Crippen LogP contribution < -0.4 is 5.32 Å². The predicted molar refractivity (Wildman–Crippen MR) is 72.9 cm³/mol. The highest BCUT2D eigenvalue weighted by atomic mass is 16.2. The molecule has 1 aliphatic heterocycles. The first-order valence-corrected chi connectivity index (χ1v) is 6.86. The highest BCUT2D eigenvalue weighted by Crippen LogP contribution is 2.28. The molecule has 18 heavy (non-hydrogen) atoms. The second-order valence-electron chi connectivity index (χ2n) is 5.53. The Hall–Kier alpha value is -1.51. The first-order chi connectivity index (χ1) is 8.74. The molecule has 1 heterocycles. The summed E-state index contributed by atoms with van der Waals surface area (Å²) in [6.07, 6.45) is 4.93. The van der Waals surface area contributed by atoms with Crippen LogP contribution in [0.5, 0.6) is 0 Å². The van der Waals surface area contributed by atoms with E-state index in [9.17, 15) is 4.79 Å². The monoisotopic (exact) mass is 244 g/mol. The molecule has 0 radical (unpaired) electrons. The number of nitrogens with one attached hydrogen (secondary N) is 1. The van der Waals surface area contributed by atoms with E-state index in [1.807, 2.05) is 24.1 Å². The van der Waals surface area contributed by atoms with Crippen LogP contribution in [0.15, 0.2) is 18.2 Å². The van der Waals surface area contributed by atoms with Gasteiger partial charge in [-0.05, 0) is 48.9 Å². The third-order valence-electron chi connectivity index (χ3n) is 4.17. The maximum atomic E-state index is 12.3. The molecule has 0 atom stereocenters. The molecule has 96 valence electrons. The molecular formula is C15H20N2O. The van der Waals surface area contributed by atoms with Crippen LogP contribution in [-0.2, 0) is 6.42 Å². The van der Waals surface area contributed by atoms with Gasteiger partial charge in [-0.1, -0.05) is 6.42 Å². The smallest absolute Gasteiger partial charge is 0.253 e. The number of hydrogen-bond donors (Lipinski definition) is 1. The quantitative estimate of drug-likeness (QED) is 0.886. The van der Waals surface area contributed by atoms with Crippen LogP contribution >= 0.6 is 0 Å². The lowest BCUT2D eigenvalue weighted by Gasteiger charge is -2.30. The van der Waals surface area contributed by atoms with Crippen LogP contribution in [0.3, 0.4) is 0 Å². The summed E-state index contributed by atoms with van der Waals surface area (Å²) < 4.78 is 0. The van der Waals surface area contributed by atoms with E-state index >= 15 is 0 Å². The minimum Gasteiger partial charge on any atom is -0.384 e. The minimum atomic E-state index is 0.164. The summed E-state index contributed by atoms with van der Waals surface area (Å²) in [5.41, 5.74) is 3.30. The average molecular weight is 244 g/mol. The highest BCUT2D eigenvalue weighted by molar-refractivity contribution is 5.95. The zero-order valence-corrected chi connectivity index (χ0v) is 10.9. The number of nitrogens with zero attached hydrogens (tertiary/aromatic N) is 1. The van der Waals surface area contributed by atoms with Gasteiger partial charge in [-0.25, -0.2) is 0 Å². The van der Waals surface area contributed by atoms with Gasteiger partial charge in [0.1, 0.15) is 0 Å². The van der Waals surface area contributed by atoms with Crippen molar-refractivity contribution in [3.05, 3.63) is 29.3 Å². The van der Waals surface area contributed by atoms with Gasteiger partial charge >= 0.3 is 0 Å². The van der Waals surface area contributed by atoms with Gasteiger partial charge in [0.15, 0.2) is 0 Å². The fourth-order valence-electron chi connectivity index (χ4n) is 2.80. The molecule has 0 bridgehead atoms. The van der Waals surface area contributed by atoms with Crippen LogP contribution in [0.2, 0.25) is 0 Å². The number of amides is 1. The number of carbonyl (C=O) groups is 1. The SMILES string of the molecule is CN(CC1CCC1)C(=O)c1ccc2c(c1)CCN2. The first kappa shape index (κ1) is 11.6. The van der Waals surface area contributed by atoms with Crippen molar-refractivity contribution in [2.75, 3.05) is 25.5 Å². The molecule has 2 aliphatic rings. The normalized spacial score (nSPS) is 17.8. The Kier molecular flexibility index (Phi) is 2.98. The Morgan fingerprint density at radius 2 is 2.28 bits per heavy atom. The molecular weight excluding hydrogens is 224 g/mol. The topological polar surface area (TPSA) is 32.3 Å². The van der Waals surface area contributed by atoms with Crippen molar-refractivity contribution >= 4 is 11.6 Å². The Bertz CT molecular complexity index is 466. The van der Waals surface area contributed by atoms with Crippen molar-refractivity contribution in [3.63, 3.8) is 0 Å². The van der Waals surface area contributed by atoms with Crippen LogP contribution in [0.25, 0.3) is 0 Å². The zero-order chi connectivity index (χ0) is 12.5. The summed E-state index contributed by atoms with van der Waals surface area (Å²) in [6.45, 7) is 1.90. The molecule has 1 aromatic rings. The van der Waals surface area contributed by atoms with E-state index in [0.29, 0.717) is 0 Å². The number of fused-ring (bicyclic) bond motifs is 1. The third-order valence-corrected chi connectivity index (χ3v) is 4.17. The maximum absolute atomic E-state index is 12.3. The zero-order valence-electron chi connectivity index (χ0n) is 10.9. The lowest BCUT2D eigenvalue weighted by atomic mass is 9.85. The molecule has 1 saturated carbocycles. The summed E-state index contributed by atoms with van der Waals surface area (Å²) in [5, 5.41) is 3.32. The van der Waals surface area contributed by atoms with Crippen LogP contribution in [0.4, 0.5) is 5.69 Å².